The second kappa shape index (κ2) is 7.06. The number of rotatable bonds is 4. The zero-order valence-corrected chi connectivity index (χ0v) is 15.3. The zero-order chi connectivity index (χ0) is 20.0. The van der Waals surface area contributed by atoms with Crippen LogP contribution in [0.25, 0.3) is 11.2 Å². The third kappa shape index (κ3) is 3.10. The van der Waals surface area contributed by atoms with Gasteiger partial charge in [0, 0.05) is 11.4 Å². The predicted octanol–water partition coefficient (Wildman–Crippen LogP) is -0.189. The fourth-order valence-electron chi connectivity index (χ4n) is 3.47. The van der Waals surface area contributed by atoms with Crippen molar-refractivity contribution in [3.05, 3.63) is 55.7 Å². The lowest BCUT2D eigenvalue weighted by Crippen LogP contribution is -2.32. The Kier molecular flexibility index (Phi) is 4.71. The first-order valence-corrected chi connectivity index (χ1v) is 8.96. The van der Waals surface area contributed by atoms with Crippen molar-refractivity contribution >= 4 is 28.7 Å². The number of fused-ring (bicyclic) bond motifs is 1. The van der Waals surface area contributed by atoms with E-state index in [1.165, 1.54) is 4.57 Å². The van der Waals surface area contributed by atoms with Gasteiger partial charge in [0.15, 0.2) is 17.4 Å². The minimum atomic E-state index is -1.10. The van der Waals surface area contributed by atoms with E-state index in [0.717, 1.165) is 4.57 Å². The van der Waals surface area contributed by atoms with Gasteiger partial charge in [-0.05, 0) is 17.7 Å². The number of halogens is 1. The van der Waals surface area contributed by atoms with Crippen molar-refractivity contribution < 1.29 is 14.9 Å². The molecule has 0 saturated carbocycles. The van der Waals surface area contributed by atoms with Gasteiger partial charge >= 0.3 is 5.69 Å². The first-order valence-electron chi connectivity index (χ1n) is 8.58. The van der Waals surface area contributed by atoms with E-state index in [9.17, 15) is 19.8 Å². The van der Waals surface area contributed by atoms with Gasteiger partial charge in [0.1, 0.15) is 6.10 Å². The molecule has 1 aliphatic rings. The van der Waals surface area contributed by atoms with E-state index in [0.29, 0.717) is 10.6 Å². The highest BCUT2D eigenvalue weighted by Gasteiger charge is 2.38. The van der Waals surface area contributed by atoms with Gasteiger partial charge in [-0.25, -0.2) is 9.36 Å². The summed E-state index contributed by atoms with van der Waals surface area (Å²) < 4.78 is 7.93. The van der Waals surface area contributed by atoms with Crippen molar-refractivity contribution in [1.82, 2.24) is 19.1 Å². The molecule has 28 heavy (non-hydrogen) atoms. The summed E-state index contributed by atoms with van der Waals surface area (Å²) >= 11 is 6.01. The summed E-state index contributed by atoms with van der Waals surface area (Å²) in [7, 11) is 0. The Hall–Kier alpha value is -2.66. The van der Waals surface area contributed by atoms with Gasteiger partial charge in [-0.3, -0.25) is 14.3 Å². The lowest BCUT2D eigenvalue weighted by atomic mass is 10.2. The van der Waals surface area contributed by atoms with Crippen LogP contribution in [-0.4, -0.2) is 48.1 Å². The highest BCUT2D eigenvalue weighted by molar-refractivity contribution is 6.30. The van der Waals surface area contributed by atoms with Gasteiger partial charge < -0.3 is 20.7 Å². The third-order valence-electron chi connectivity index (χ3n) is 4.68. The Morgan fingerprint density at radius 1 is 1.39 bits per heavy atom. The topological polar surface area (TPSA) is 148 Å². The molecule has 4 rings (SSSR count). The van der Waals surface area contributed by atoms with Crippen LogP contribution in [0.4, 0.5) is 5.95 Å². The van der Waals surface area contributed by atoms with Gasteiger partial charge in [0.25, 0.3) is 5.56 Å². The van der Waals surface area contributed by atoms with Crippen molar-refractivity contribution in [2.24, 2.45) is 0 Å². The van der Waals surface area contributed by atoms with Gasteiger partial charge in [0.2, 0.25) is 5.95 Å². The van der Waals surface area contributed by atoms with Crippen LogP contribution in [0, 0.1) is 0 Å². The fraction of sp³-hybridized carbons (Fsp3) is 0.353. The van der Waals surface area contributed by atoms with Crippen LogP contribution in [0.3, 0.4) is 0 Å². The molecule has 1 aliphatic heterocycles. The standard InChI is InChI=1S/C17H18ClN5O5/c18-9-3-1-2-8(4-9)6-22-12-13(20-16(19)21-14(12)26)23(17(22)27)15-11(25)5-10(7-24)28-15/h1-4,10-11,15,24-25H,5-7H2,(H3,19,20,21,26)/t10-,11+,15+/m0/s1. The van der Waals surface area contributed by atoms with E-state index in [1.807, 2.05) is 0 Å². The van der Waals surface area contributed by atoms with E-state index >= 15 is 0 Å². The van der Waals surface area contributed by atoms with Crippen molar-refractivity contribution in [3.8, 4) is 0 Å². The molecule has 2 aromatic heterocycles. The van der Waals surface area contributed by atoms with E-state index in [-0.39, 0.29) is 36.7 Å². The molecule has 3 atom stereocenters. The number of aliphatic hydroxyl groups is 2. The lowest BCUT2D eigenvalue weighted by Gasteiger charge is -2.15. The van der Waals surface area contributed by atoms with Crippen molar-refractivity contribution in [3.63, 3.8) is 0 Å². The lowest BCUT2D eigenvalue weighted by molar-refractivity contribution is -0.0505. The monoisotopic (exact) mass is 407 g/mol. The van der Waals surface area contributed by atoms with Gasteiger partial charge in [-0.2, -0.15) is 4.98 Å². The van der Waals surface area contributed by atoms with Crippen LogP contribution < -0.4 is 17.0 Å². The molecule has 0 spiro atoms. The summed E-state index contributed by atoms with van der Waals surface area (Å²) in [5, 5.41) is 20.1. The second-order valence-corrected chi connectivity index (χ2v) is 7.06. The highest BCUT2D eigenvalue weighted by atomic mass is 35.5. The Morgan fingerprint density at radius 3 is 2.86 bits per heavy atom. The first-order chi connectivity index (χ1) is 13.4. The molecule has 148 valence electrons. The molecule has 0 bridgehead atoms. The Bertz CT molecular complexity index is 1150. The maximum atomic E-state index is 13.2. The van der Waals surface area contributed by atoms with Crippen LogP contribution in [0.5, 0.6) is 0 Å². The largest absolute Gasteiger partial charge is 0.394 e. The minimum Gasteiger partial charge on any atom is -0.394 e. The number of nitrogen functional groups attached to an aromatic ring is 1. The summed E-state index contributed by atoms with van der Waals surface area (Å²) in [6.45, 7) is -0.247. The molecule has 0 radical (unpaired) electrons. The molecule has 1 fully saturated rings. The van der Waals surface area contributed by atoms with Crippen molar-refractivity contribution in [2.75, 3.05) is 12.3 Å². The number of nitrogens with two attached hydrogens (primary N) is 1. The van der Waals surface area contributed by atoms with Crippen LogP contribution >= 0.6 is 11.6 Å². The van der Waals surface area contributed by atoms with Crippen LogP contribution in [0.2, 0.25) is 5.02 Å². The van der Waals surface area contributed by atoms with E-state index in [4.69, 9.17) is 22.1 Å². The molecular formula is C17H18ClN5O5. The average molecular weight is 408 g/mol. The smallest absolute Gasteiger partial charge is 0.333 e. The minimum absolute atomic E-state index is 0.00224. The second-order valence-electron chi connectivity index (χ2n) is 6.63. The third-order valence-corrected chi connectivity index (χ3v) is 4.92. The van der Waals surface area contributed by atoms with E-state index in [2.05, 4.69) is 9.97 Å². The molecule has 10 nitrogen and oxygen atoms in total. The van der Waals surface area contributed by atoms with Gasteiger partial charge in [0.05, 0.1) is 19.3 Å². The molecule has 3 aromatic rings. The molecule has 1 saturated heterocycles. The number of aromatic nitrogens is 4. The summed E-state index contributed by atoms with van der Waals surface area (Å²) in [5.74, 6) is -0.169. The van der Waals surface area contributed by atoms with Gasteiger partial charge in [-0.1, -0.05) is 23.7 Å². The average Bonchev–Trinajstić information content (AvgIpc) is 3.12. The molecule has 3 heterocycles. The summed E-state index contributed by atoms with van der Waals surface area (Å²) in [4.78, 5) is 32.2. The SMILES string of the molecule is Nc1nc2c(c(=O)[nH]1)n(Cc1cccc(Cl)c1)c(=O)n2[C@@H]1O[C@H](CO)C[C@H]1O. The Balaban J connectivity index is 1.92. The van der Waals surface area contributed by atoms with E-state index < -0.39 is 29.7 Å². The maximum Gasteiger partial charge on any atom is 0.333 e. The fourth-order valence-corrected chi connectivity index (χ4v) is 3.69. The normalized spacial score (nSPS) is 22.2. The molecule has 0 amide bonds. The maximum absolute atomic E-state index is 13.2. The number of nitrogens with one attached hydrogen (secondary N) is 1. The zero-order valence-electron chi connectivity index (χ0n) is 14.6. The first kappa shape index (κ1) is 18.7. The molecule has 11 heteroatoms. The number of aliphatic hydroxyl groups excluding tert-OH is 2. The number of H-pyrrole nitrogens is 1. The summed E-state index contributed by atoms with van der Waals surface area (Å²) in [6, 6.07) is 6.88. The molecule has 5 N–H and O–H groups in total. The summed E-state index contributed by atoms with van der Waals surface area (Å²) in [5.41, 5.74) is 5.17. The number of benzene rings is 1. The number of imidazole rings is 1. The number of nitrogens with zero attached hydrogens (tertiary/aromatic N) is 3. The number of aromatic amines is 1. The van der Waals surface area contributed by atoms with Gasteiger partial charge in [-0.15, -0.1) is 0 Å². The number of hydrogen-bond acceptors (Lipinski definition) is 7. The molecule has 0 unspecified atom stereocenters. The highest BCUT2D eigenvalue weighted by Crippen LogP contribution is 2.29. The number of ether oxygens (including phenoxy) is 1. The molecule has 1 aromatic carbocycles. The Labute approximate surface area is 162 Å². The van der Waals surface area contributed by atoms with E-state index in [1.54, 1.807) is 24.3 Å². The summed E-state index contributed by atoms with van der Waals surface area (Å²) in [6.07, 6.45) is -2.63. The number of hydrogen-bond donors (Lipinski definition) is 4. The number of anilines is 1. The van der Waals surface area contributed by atoms with Crippen LogP contribution in [-0.2, 0) is 11.3 Å². The van der Waals surface area contributed by atoms with Crippen LogP contribution in [0.1, 0.15) is 18.2 Å². The molecular weight excluding hydrogens is 390 g/mol. The van der Waals surface area contributed by atoms with Crippen molar-refractivity contribution in [2.45, 2.75) is 31.4 Å². The van der Waals surface area contributed by atoms with Crippen LogP contribution in [0.15, 0.2) is 33.9 Å². The molecule has 0 aliphatic carbocycles. The quantitative estimate of drug-likeness (QED) is 0.468. The van der Waals surface area contributed by atoms with Crippen molar-refractivity contribution in [1.29, 1.82) is 0 Å². The Morgan fingerprint density at radius 2 is 2.18 bits per heavy atom. The predicted molar refractivity (Wildman–Crippen MR) is 101 cm³/mol.